The highest BCUT2D eigenvalue weighted by Crippen LogP contribution is 2.30. The number of benzene rings is 1. The van der Waals surface area contributed by atoms with E-state index in [1.165, 1.54) is 17.5 Å². The predicted molar refractivity (Wildman–Crippen MR) is 68.0 cm³/mol. The monoisotopic (exact) mass is 235 g/mol. The fourth-order valence-electron chi connectivity index (χ4n) is 2.47. The molecule has 0 amide bonds. The molecule has 0 bridgehead atoms. The minimum Gasteiger partial charge on any atom is -0.391 e. The molecule has 3 nitrogen and oxygen atoms in total. The first-order valence-electron chi connectivity index (χ1n) is 6.29. The van der Waals surface area contributed by atoms with Crippen LogP contribution in [-0.2, 0) is 11.2 Å². The van der Waals surface area contributed by atoms with Gasteiger partial charge in [0.2, 0.25) is 0 Å². The maximum absolute atomic E-state index is 9.55. The van der Waals surface area contributed by atoms with Crippen LogP contribution in [0.5, 0.6) is 0 Å². The van der Waals surface area contributed by atoms with E-state index in [2.05, 4.69) is 29.6 Å². The molecule has 2 rings (SSSR count). The lowest BCUT2D eigenvalue weighted by molar-refractivity contribution is 0.0590. The van der Waals surface area contributed by atoms with Crippen LogP contribution in [0.1, 0.15) is 30.0 Å². The largest absolute Gasteiger partial charge is 0.391 e. The molecule has 2 atom stereocenters. The highest BCUT2D eigenvalue weighted by atomic mass is 16.5. The van der Waals surface area contributed by atoms with E-state index in [1.807, 2.05) is 0 Å². The van der Waals surface area contributed by atoms with Gasteiger partial charge in [0.15, 0.2) is 0 Å². The zero-order valence-electron chi connectivity index (χ0n) is 10.4. The summed E-state index contributed by atoms with van der Waals surface area (Å²) in [6, 6.07) is 9.06. The fraction of sp³-hybridized carbons (Fsp3) is 0.571. The Morgan fingerprint density at radius 2 is 2.29 bits per heavy atom. The van der Waals surface area contributed by atoms with Crippen molar-refractivity contribution in [2.24, 2.45) is 0 Å². The molecule has 1 aliphatic carbocycles. The minimum absolute atomic E-state index is 0.357. The topological polar surface area (TPSA) is 41.5 Å². The Bertz CT molecular complexity index is 354. The Labute approximate surface area is 103 Å². The van der Waals surface area contributed by atoms with Crippen molar-refractivity contribution >= 4 is 0 Å². The Morgan fingerprint density at radius 1 is 1.47 bits per heavy atom. The molecule has 0 heterocycles. The van der Waals surface area contributed by atoms with E-state index >= 15 is 0 Å². The van der Waals surface area contributed by atoms with Crippen LogP contribution in [-0.4, -0.2) is 31.5 Å². The number of methoxy groups -OCH3 is 1. The second kappa shape index (κ2) is 6.15. The molecule has 3 heteroatoms. The van der Waals surface area contributed by atoms with Crippen LogP contribution in [0.4, 0.5) is 0 Å². The van der Waals surface area contributed by atoms with Crippen LogP contribution in [0, 0.1) is 0 Å². The van der Waals surface area contributed by atoms with Crippen LogP contribution >= 0.6 is 0 Å². The zero-order valence-corrected chi connectivity index (χ0v) is 10.4. The molecule has 0 aliphatic heterocycles. The Balaban J connectivity index is 1.78. The van der Waals surface area contributed by atoms with E-state index in [0.717, 1.165) is 19.4 Å². The third kappa shape index (κ3) is 3.28. The zero-order chi connectivity index (χ0) is 12.1. The van der Waals surface area contributed by atoms with Crippen molar-refractivity contribution in [1.29, 1.82) is 0 Å². The van der Waals surface area contributed by atoms with Crippen molar-refractivity contribution < 1.29 is 9.84 Å². The normalized spacial score (nSPS) is 20.2. The van der Waals surface area contributed by atoms with Crippen molar-refractivity contribution in [3.63, 3.8) is 0 Å². The molecule has 0 spiro atoms. The molecule has 1 aromatic rings. The molecule has 17 heavy (non-hydrogen) atoms. The third-order valence-electron chi connectivity index (χ3n) is 3.36. The first-order chi connectivity index (χ1) is 8.31. The molecule has 0 saturated carbocycles. The van der Waals surface area contributed by atoms with Gasteiger partial charge in [0.05, 0.1) is 12.7 Å². The number of hydrogen-bond donors (Lipinski definition) is 2. The average molecular weight is 235 g/mol. The molecule has 1 aromatic carbocycles. The highest BCUT2D eigenvalue weighted by molar-refractivity contribution is 5.34. The minimum atomic E-state index is -0.357. The van der Waals surface area contributed by atoms with Crippen LogP contribution in [0.3, 0.4) is 0 Å². The summed E-state index contributed by atoms with van der Waals surface area (Å²) in [5.41, 5.74) is 2.89. The molecule has 2 unspecified atom stereocenters. The van der Waals surface area contributed by atoms with E-state index in [4.69, 9.17) is 4.74 Å². The summed E-state index contributed by atoms with van der Waals surface area (Å²) in [5.74, 6) is 0. The molecule has 0 fully saturated rings. The van der Waals surface area contributed by atoms with Gasteiger partial charge in [-0.25, -0.2) is 0 Å². The Kier molecular flexibility index (Phi) is 4.54. The molecular formula is C14H21NO2. The summed E-state index contributed by atoms with van der Waals surface area (Å²) in [6.45, 7) is 1.26. The number of ether oxygens (including phenoxy) is 1. The lowest BCUT2D eigenvalue weighted by Gasteiger charge is -2.15. The van der Waals surface area contributed by atoms with E-state index in [9.17, 15) is 5.11 Å². The maximum Gasteiger partial charge on any atom is 0.0785 e. The molecule has 0 radical (unpaired) electrons. The van der Waals surface area contributed by atoms with Gasteiger partial charge in [0, 0.05) is 13.2 Å². The second-order valence-corrected chi connectivity index (χ2v) is 4.64. The number of aryl methyl sites for hydroxylation is 1. The summed E-state index contributed by atoms with van der Waals surface area (Å²) in [6.07, 6.45) is 2.71. The number of fused-ring (bicyclic) bond motifs is 1. The van der Waals surface area contributed by atoms with Crippen molar-refractivity contribution in [3.05, 3.63) is 35.4 Å². The van der Waals surface area contributed by atoms with Gasteiger partial charge >= 0.3 is 0 Å². The lowest BCUT2D eigenvalue weighted by atomic mass is 10.1. The molecule has 1 aliphatic rings. The Hall–Kier alpha value is -0.900. The number of aliphatic hydroxyl groups is 1. The molecule has 2 N–H and O–H groups in total. The lowest BCUT2D eigenvalue weighted by Crippen LogP contribution is -2.25. The standard InChI is InChI=1S/C14H21NO2/c1-17-10-12(16)8-9-15-14-7-6-11-4-2-3-5-13(11)14/h2-5,12,14-16H,6-10H2,1H3. The maximum atomic E-state index is 9.55. The van der Waals surface area contributed by atoms with Gasteiger partial charge in [-0.2, -0.15) is 0 Å². The van der Waals surface area contributed by atoms with Gasteiger partial charge in [-0.1, -0.05) is 24.3 Å². The molecule has 94 valence electrons. The van der Waals surface area contributed by atoms with E-state index in [-0.39, 0.29) is 6.10 Å². The number of hydrogen-bond acceptors (Lipinski definition) is 3. The van der Waals surface area contributed by atoms with Crippen LogP contribution in [0.15, 0.2) is 24.3 Å². The van der Waals surface area contributed by atoms with Crippen LogP contribution < -0.4 is 5.32 Å². The first-order valence-corrected chi connectivity index (χ1v) is 6.29. The van der Waals surface area contributed by atoms with Gasteiger partial charge in [-0.15, -0.1) is 0 Å². The highest BCUT2D eigenvalue weighted by Gasteiger charge is 2.20. The summed E-state index contributed by atoms with van der Waals surface area (Å²) in [4.78, 5) is 0. The SMILES string of the molecule is COCC(O)CCNC1CCc2ccccc21. The summed E-state index contributed by atoms with van der Waals surface area (Å²) in [7, 11) is 1.61. The van der Waals surface area contributed by atoms with E-state index in [1.54, 1.807) is 7.11 Å². The van der Waals surface area contributed by atoms with Crippen molar-refractivity contribution in [3.8, 4) is 0 Å². The van der Waals surface area contributed by atoms with E-state index < -0.39 is 0 Å². The molecule has 0 saturated heterocycles. The Morgan fingerprint density at radius 3 is 3.12 bits per heavy atom. The fourth-order valence-corrected chi connectivity index (χ4v) is 2.47. The van der Waals surface area contributed by atoms with Crippen LogP contribution in [0.25, 0.3) is 0 Å². The molecular weight excluding hydrogens is 214 g/mol. The van der Waals surface area contributed by atoms with Gasteiger partial charge in [-0.05, 0) is 36.9 Å². The van der Waals surface area contributed by atoms with Crippen molar-refractivity contribution in [2.75, 3.05) is 20.3 Å². The predicted octanol–water partition coefficient (Wildman–Crippen LogP) is 1.66. The number of rotatable bonds is 6. The van der Waals surface area contributed by atoms with Crippen molar-refractivity contribution in [1.82, 2.24) is 5.32 Å². The van der Waals surface area contributed by atoms with Crippen LogP contribution in [0.2, 0.25) is 0 Å². The quantitative estimate of drug-likeness (QED) is 0.788. The summed E-state index contributed by atoms with van der Waals surface area (Å²) >= 11 is 0. The number of aliphatic hydroxyl groups excluding tert-OH is 1. The van der Waals surface area contributed by atoms with Gasteiger partial charge in [0.25, 0.3) is 0 Å². The summed E-state index contributed by atoms with van der Waals surface area (Å²) < 4.78 is 4.90. The van der Waals surface area contributed by atoms with Gasteiger partial charge < -0.3 is 15.2 Å². The third-order valence-corrected chi connectivity index (χ3v) is 3.36. The van der Waals surface area contributed by atoms with E-state index in [0.29, 0.717) is 12.6 Å². The van der Waals surface area contributed by atoms with Crippen molar-refractivity contribution in [2.45, 2.75) is 31.4 Å². The van der Waals surface area contributed by atoms with Gasteiger partial charge in [-0.3, -0.25) is 0 Å². The smallest absolute Gasteiger partial charge is 0.0785 e. The summed E-state index contributed by atoms with van der Waals surface area (Å²) in [5, 5.41) is 13.1. The average Bonchev–Trinajstić information content (AvgIpc) is 2.73. The molecule has 0 aromatic heterocycles. The second-order valence-electron chi connectivity index (χ2n) is 4.64. The van der Waals surface area contributed by atoms with Gasteiger partial charge in [0.1, 0.15) is 0 Å². The first kappa shape index (κ1) is 12.6. The number of nitrogens with one attached hydrogen (secondary N) is 1.